The summed E-state index contributed by atoms with van der Waals surface area (Å²) in [6.45, 7) is 6.73. The van der Waals surface area contributed by atoms with Crippen molar-refractivity contribution in [2.75, 3.05) is 0 Å². The fourth-order valence-corrected chi connectivity index (χ4v) is 4.38. The van der Waals surface area contributed by atoms with Crippen LogP contribution in [-0.4, -0.2) is 14.6 Å². The molecule has 0 bridgehead atoms. The van der Waals surface area contributed by atoms with Gasteiger partial charge in [0.2, 0.25) is 0 Å². The first-order chi connectivity index (χ1) is 7.44. The Labute approximate surface area is 114 Å². The molecule has 0 N–H and O–H groups in total. The Bertz CT molecular complexity index is 386. The molecule has 0 aromatic carbocycles. The molecule has 1 aromatic heterocycles. The second-order valence-corrected chi connectivity index (χ2v) is 7.43. The highest BCUT2D eigenvalue weighted by Crippen LogP contribution is 2.46. The van der Waals surface area contributed by atoms with Crippen LogP contribution in [0, 0.1) is 0 Å². The van der Waals surface area contributed by atoms with Crippen LogP contribution in [-0.2, 0) is 5.41 Å². The van der Waals surface area contributed by atoms with Crippen LogP contribution in [0.2, 0.25) is 0 Å². The van der Waals surface area contributed by atoms with Crippen LogP contribution >= 0.6 is 31.9 Å². The maximum atomic E-state index is 4.48. The Kier molecular flexibility index (Phi) is 3.51. The van der Waals surface area contributed by atoms with Crippen molar-refractivity contribution in [1.82, 2.24) is 9.78 Å². The molecule has 90 valence electrons. The lowest BCUT2D eigenvalue weighted by molar-refractivity contribution is 0.404. The number of hydrogen-bond acceptors (Lipinski definition) is 1. The second-order valence-electron chi connectivity index (χ2n) is 5.28. The minimum absolute atomic E-state index is 0.258. The van der Waals surface area contributed by atoms with E-state index in [0.717, 1.165) is 4.47 Å². The van der Waals surface area contributed by atoms with Crippen LogP contribution < -0.4 is 0 Å². The summed E-state index contributed by atoms with van der Waals surface area (Å²) in [6.07, 6.45) is 5.62. The first-order valence-corrected chi connectivity index (χ1v) is 7.52. The van der Waals surface area contributed by atoms with E-state index in [9.17, 15) is 0 Å². The largest absolute Gasteiger partial charge is 0.265 e. The van der Waals surface area contributed by atoms with Gasteiger partial charge in [0, 0.05) is 16.3 Å². The summed E-state index contributed by atoms with van der Waals surface area (Å²) in [5.41, 5.74) is 1.62. The van der Waals surface area contributed by atoms with Crippen molar-refractivity contribution >= 4 is 31.9 Å². The Morgan fingerprint density at radius 2 is 2.25 bits per heavy atom. The first-order valence-electron chi connectivity index (χ1n) is 5.81. The predicted molar refractivity (Wildman–Crippen MR) is 74.2 cm³/mol. The monoisotopic (exact) mass is 348 g/mol. The summed E-state index contributed by atoms with van der Waals surface area (Å²) in [7, 11) is 0. The highest BCUT2D eigenvalue weighted by molar-refractivity contribution is 9.10. The van der Waals surface area contributed by atoms with Gasteiger partial charge in [0.25, 0.3) is 0 Å². The maximum Gasteiger partial charge on any atom is 0.0635 e. The van der Waals surface area contributed by atoms with Crippen molar-refractivity contribution in [1.29, 1.82) is 0 Å². The van der Waals surface area contributed by atoms with Gasteiger partial charge >= 0.3 is 0 Å². The van der Waals surface area contributed by atoms with Crippen LogP contribution in [0.1, 0.15) is 51.8 Å². The summed E-state index contributed by atoms with van der Waals surface area (Å²) in [6, 6.07) is 0.424. The third kappa shape index (κ3) is 2.10. The van der Waals surface area contributed by atoms with Gasteiger partial charge in [0.15, 0.2) is 0 Å². The molecule has 1 aliphatic rings. The number of nitrogens with zero attached hydrogens (tertiary/aromatic N) is 2. The normalized spacial score (nSPS) is 30.2. The number of hydrogen-bond donors (Lipinski definition) is 0. The molecule has 16 heavy (non-hydrogen) atoms. The van der Waals surface area contributed by atoms with Crippen molar-refractivity contribution in [2.24, 2.45) is 0 Å². The van der Waals surface area contributed by atoms with Crippen molar-refractivity contribution in [3.63, 3.8) is 0 Å². The minimum atomic E-state index is 0.258. The standard InChI is InChI=1S/C12H18Br2N2/c1-8(2)16-11(10(14)7-15-16)12(3)5-4-9(13)6-12/h7-9H,4-6H2,1-3H3. The van der Waals surface area contributed by atoms with Crippen LogP contribution in [0.4, 0.5) is 0 Å². The van der Waals surface area contributed by atoms with Gasteiger partial charge in [-0.05, 0) is 49.0 Å². The molecule has 2 atom stereocenters. The second kappa shape index (κ2) is 4.45. The first kappa shape index (κ1) is 12.6. The average Bonchev–Trinajstić information content (AvgIpc) is 2.71. The fourth-order valence-electron chi connectivity index (χ4n) is 2.68. The van der Waals surface area contributed by atoms with E-state index in [4.69, 9.17) is 0 Å². The van der Waals surface area contributed by atoms with Gasteiger partial charge in [-0.1, -0.05) is 22.9 Å². The molecule has 2 rings (SSSR count). The van der Waals surface area contributed by atoms with Crippen molar-refractivity contribution in [3.05, 3.63) is 16.4 Å². The lowest BCUT2D eigenvalue weighted by atomic mass is 9.85. The molecule has 4 heteroatoms. The number of rotatable bonds is 2. The van der Waals surface area contributed by atoms with E-state index in [2.05, 4.69) is 62.4 Å². The summed E-state index contributed by atoms with van der Waals surface area (Å²) in [4.78, 5) is 0.653. The highest BCUT2D eigenvalue weighted by Gasteiger charge is 2.39. The van der Waals surface area contributed by atoms with Gasteiger partial charge < -0.3 is 0 Å². The Balaban J connectivity index is 2.43. The zero-order chi connectivity index (χ0) is 11.9. The Morgan fingerprint density at radius 1 is 1.56 bits per heavy atom. The lowest BCUT2D eigenvalue weighted by Gasteiger charge is -2.27. The van der Waals surface area contributed by atoms with Crippen molar-refractivity contribution in [2.45, 2.75) is 56.3 Å². The molecule has 0 saturated heterocycles. The molecule has 0 aliphatic heterocycles. The molecule has 1 aromatic rings. The maximum absolute atomic E-state index is 4.48. The van der Waals surface area contributed by atoms with Crippen molar-refractivity contribution in [3.8, 4) is 0 Å². The van der Waals surface area contributed by atoms with Crippen LogP contribution in [0.25, 0.3) is 0 Å². The van der Waals surface area contributed by atoms with Gasteiger partial charge in [-0.15, -0.1) is 0 Å². The minimum Gasteiger partial charge on any atom is -0.265 e. The van der Waals surface area contributed by atoms with Crippen LogP contribution in [0.5, 0.6) is 0 Å². The molecular weight excluding hydrogens is 332 g/mol. The van der Waals surface area contributed by atoms with Crippen LogP contribution in [0.3, 0.4) is 0 Å². The van der Waals surface area contributed by atoms with E-state index in [1.54, 1.807) is 0 Å². The zero-order valence-corrected chi connectivity index (χ0v) is 13.2. The number of halogens is 2. The number of alkyl halides is 1. The van der Waals surface area contributed by atoms with E-state index >= 15 is 0 Å². The molecule has 1 heterocycles. The van der Waals surface area contributed by atoms with Crippen LogP contribution in [0.15, 0.2) is 10.7 Å². The summed E-state index contributed by atoms with van der Waals surface area (Å²) < 4.78 is 3.32. The van der Waals surface area contributed by atoms with Gasteiger partial charge in [-0.3, -0.25) is 4.68 Å². The van der Waals surface area contributed by atoms with Gasteiger partial charge in [0.05, 0.1) is 16.4 Å². The summed E-state index contributed by atoms with van der Waals surface area (Å²) in [5.74, 6) is 0. The molecule has 1 aliphatic carbocycles. The molecular formula is C12H18Br2N2. The molecule has 1 fully saturated rings. The molecule has 0 spiro atoms. The fraction of sp³-hybridized carbons (Fsp3) is 0.750. The zero-order valence-electron chi connectivity index (χ0n) is 10.0. The van der Waals surface area contributed by atoms with E-state index in [1.165, 1.54) is 25.0 Å². The summed E-state index contributed by atoms with van der Waals surface area (Å²) in [5, 5.41) is 4.48. The van der Waals surface area contributed by atoms with E-state index in [0.29, 0.717) is 10.9 Å². The number of aromatic nitrogens is 2. The van der Waals surface area contributed by atoms with E-state index in [1.807, 2.05) is 6.20 Å². The smallest absolute Gasteiger partial charge is 0.0635 e. The van der Waals surface area contributed by atoms with E-state index in [-0.39, 0.29) is 5.41 Å². The predicted octanol–water partition coefficient (Wildman–Crippen LogP) is 4.43. The Morgan fingerprint density at radius 3 is 2.75 bits per heavy atom. The molecule has 0 radical (unpaired) electrons. The SMILES string of the molecule is CC(C)n1ncc(Br)c1C1(C)CCC(Br)C1. The lowest BCUT2D eigenvalue weighted by Crippen LogP contribution is -2.24. The average molecular weight is 350 g/mol. The Hall–Kier alpha value is 0.170. The van der Waals surface area contributed by atoms with E-state index < -0.39 is 0 Å². The highest BCUT2D eigenvalue weighted by atomic mass is 79.9. The van der Waals surface area contributed by atoms with Gasteiger partial charge in [-0.2, -0.15) is 5.10 Å². The summed E-state index contributed by atoms with van der Waals surface area (Å²) >= 11 is 7.39. The van der Waals surface area contributed by atoms with Gasteiger partial charge in [0.1, 0.15) is 0 Å². The molecule has 2 unspecified atom stereocenters. The van der Waals surface area contributed by atoms with Gasteiger partial charge in [-0.25, -0.2) is 0 Å². The molecule has 2 nitrogen and oxygen atoms in total. The topological polar surface area (TPSA) is 17.8 Å². The molecule has 1 saturated carbocycles. The quantitative estimate of drug-likeness (QED) is 0.722. The third-order valence-electron chi connectivity index (χ3n) is 3.49. The molecule has 0 amide bonds. The third-order valence-corrected chi connectivity index (χ3v) is 4.85. The van der Waals surface area contributed by atoms with Crippen molar-refractivity contribution < 1.29 is 0 Å².